The normalized spacial score (nSPS) is 32.6. The molecule has 1 heterocycles. The first-order valence-electron chi connectivity index (χ1n) is 5.52. The zero-order chi connectivity index (χ0) is 10.8. The molecule has 0 saturated carbocycles. The minimum atomic E-state index is -0.900. The highest BCUT2D eigenvalue weighted by Crippen LogP contribution is 2.32. The number of nitrogens with zero attached hydrogens (tertiary/aromatic N) is 1. The van der Waals surface area contributed by atoms with Crippen molar-refractivity contribution in [2.24, 2.45) is 17.6 Å². The molecule has 1 aliphatic carbocycles. The summed E-state index contributed by atoms with van der Waals surface area (Å²) in [6, 6.07) is -0.738. The molecule has 15 heavy (non-hydrogen) atoms. The van der Waals surface area contributed by atoms with Crippen LogP contribution in [-0.4, -0.2) is 41.7 Å². The Labute approximate surface area is 89.7 Å². The average Bonchev–Trinajstić information content (AvgIpc) is 2.59. The molecule has 0 amide bonds. The zero-order valence-electron chi connectivity index (χ0n) is 8.80. The Balaban J connectivity index is 1.85. The fourth-order valence-electron chi connectivity index (χ4n) is 2.62. The van der Waals surface area contributed by atoms with Gasteiger partial charge in [-0.1, -0.05) is 12.2 Å². The van der Waals surface area contributed by atoms with Crippen LogP contribution < -0.4 is 5.73 Å². The molecule has 0 bridgehead atoms. The van der Waals surface area contributed by atoms with Crippen LogP contribution in [0.25, 0.3) is 0 Å². The second kappa shape index (κ2) is 4.33. The van der Waals surface area contributed by atoms with Crippen molar-refractivity contribution in [2.45, 2.75) is 18.9 Å². The van der Waals surface area contributed by atoms with Crippen LogP contribution in [0.4, 0.5) is 0 Å². The lowest BCUT2D eigenvalue weighted by atomic mass is 9.86. The Hall–Kier alpha value is -0.870. The number of aliphatic carboxylic acids is 1. The molecule has 1 unspecified atom stereocenters. The van der Waals surface area contributed by atoms with Gasteiger partial charge in [-0.25, -0.2) is 0 Å². The summed E-state index contributed by atoms with van der Waals surface area (Å²) >= 11 is 0. The number of allylic oxidation sites excluding steroid dienone is 2. The number of carbonyl (C=O) groups is 1. The second-order valence-corrected chi connectivity index (χ2v) is 4.63. The van der Waals surface area contributed by atoms with Crippen molar-refractivity contribution in [1.82, 2.24) is 4.90 Å². The number of nitrogens with two attached hydrogens (primary N) is 1. The fourth-order valence-corrected chi connectivity index (χ4v) is 2.62. The number of likely N-dealkylation sites (tertiary alicyclic amines) is 1. The van der Waals surface area contributed by atoms with Crippen LogP contribution in [0.2, 0.25) is 0 Å². The SMILES string of the molecule is NC(CN1C[C@H]2CC=CC[C@H]2C1)C(=O)O. The largest absolute Gasteiger partial charge is 0.480 e. The van der Waals surface area contributed by atoms with Gasteiger partial charge in [-0.3, -0.25) is 4.79 Å². The Morgan fingerprint density at radius 1 is 1.40 bits per heavy atom. The van der Waals surface area contributed by atoms with Crippen LogP contribution in [0.15, 0.2) is 12.2 Å². The molecule has 0 aromatic rings. The van der Waals surface area contributed by atoms with Gasteiger partial charge in [0.1, 0.15) is 6.04 Å². The van der Waals surface area contributed by atoms with Crippen LogP contribution in [0.1, 0.15) is 12.8 Å². The van der Waals surface area contributed by atoms with E-state index in [9.17, 15) is 4.79 Å². The van der Waals surface area contributed by atoms with Crippen LogP contribution in [0, 0.1) is 11.8 Å². The van der Waals surface area contributed by atoms with E-state index in [1.54, 1.807) is 0 Å². The molecule has 0 radical (unpaired) electrons. The standard InChI is InChI=1S/C11H18N2O2/c12-10(11(14)15)7-13-5-8-3-1-2-4-9(8)6-13/h1-2,8-10H,3-7,12H2,(H,14,15)/t8-,9+,10?. The molecular weight excluding hydrogens is 192 g/mol. The topological polar surface area (TPSA) is 66.6 Å². The molecule has 3 N–H and O–H groups in total. The summed E-state index contributed by atoms with van der Waals surface area (Å²) in [5.41, 5.74) is 5.53. The fraction of sp³-hybridized carbons (Fsp3) is 0.727. The lowest BCUT2D eigenvalue weighted by molar-refractivity contribution is -0.138. The summed E-state index contributed by atoms with van der Waals surface area (Å²) in [5.74, 6) is 0.537. The van der Waals surface area contributed by atoms with E-state index in [2.05, 4.69) is 17.1 Å². The van der Waals surface area contributed by atoms with Gasteiger partial charge in [0.2, 0.25) is 0 Å². The smallest absolute Gasteiger partial charge is 0.321 e. The predicted molar refractivity (Wildman–Crippen MR) is 57.4 cm³/mol. The van der Waals surface area contributed by atoms with E-state index in [-0.39, 0.29) is 0 Å². The van der Waals surface area contributed by atoms with E-state index >= 15 is 0 Å². The van der Waals surface area contributed by atoms with Gasteiger partial charge in [0.25, 0.3) is 0 Å². The minimum absolute atomic E-state index is 0.488. The molecule has 4 heteroatoms. The molecule has 3 atom stereocenters. The molecule has 2 aliphatic rings. The van der Waals surface area contributed by atoms with Gasteiger partial charge in [-0.15, -0.1) is 0 Å². The molecule has 2 rings (SSSR count). The summed E-state index contributed by atoms with van der Waals surface area (Å²) < 4.78 is 0. The zero-order valence-corrected chi connectivity index (χ0v) is 8.80. The summed E-state index contributed by atoms with van der Waals surface area (Å²) in [6.45, 7) is 2.51. The van der Waals surface area contributed by atoms with Crippen molar-refractivity contribution >= 4 is 5.97 Å². The maximum Gasteiger partial charge on any atom is 0.321 e. The molecular formula is C11H18N2O2. The van der Waals surface area contributed by atoms with Gasteiger partial charge in [-0.05, 0) is 24.7 Å². The third kappa shape index (κ3) is 2.38. The number of carboxylic acids is 1. The highest BCUT2D eigenvalue weighted by Gasteiger charge is 2.33. The van der Waals surface area contributed by atoms with E-state index in [1.165, 1.54) is 0 Å². The van der Waals surface area contributed by atoms with Gasteiger partial charge in [0, 0.05) is 19.6 Å². The third-order valence-electron chi connectivity index (χ3n) is 3.47. The van der Waals surface area contributed by atoms with Crippen molar-refractivity contribution in [1.29, 1.82) is 0 Å². The van der Waals surface area contributed by atoms with Crippen molar-refractivity contribution < 1.29 is 9.90 Å². The van der Waals surface area contributed by atoms with Gasteiger partial charge < -0.3 is 15.7 Å². The second-order valence-electron chi connectivity index (χ2n) is 4.63. The lowest BCUT2D eigenvalue weighted by Gasteiger charge is -2.18. The minimum Gasteiger partial charge on any atom is -0.480 e. The molecule has 4 nitrogen and oxygen atoms in total. The number of carboxylic acid groups (broad SMARTS) is 1. The first-order valence-corrected chi connectivity index (χ1v) is 5.52. The maximum atomic E-state index is 10.6. The molecule has 0 spiro atoms. The molecule has 0 aromatic heterocycles. The number of rotatable bonds is 3. The maximum absolute atomic E-state index is 10.6. The lowest BCUT2D eigenvalue weighted by Crippen LogP contribution is -2.42. The first kappa shape index (κ1) is 10.6. The van der Waals surface area contributed by atoms with Crippen molar-refractivity contribution in [3.63, 3.8) is 0 Å². The van der Waals surface area contributed by atoms with E-state index < -0.39 is 12.0 Å². The van der Waals surface area contributed by atoms with Crippen LogP contribution in [0.5, 0.6) is 0 Å². The van der Waals surface area contributed by atoms with E-state index in [1.807, 2.05) is 0 Å². The van der Waals surface area contributed by atoms with Gasteiger partial charge in [0.05, 0.1) is 0 Å². The van der Waals surface area contributed by atoms with Crippen molar-refractivity contribution in [3.8, 4) is 0 Å². The highest BCUT2D eigenvalue weighted by molar-refractivity contribution is 5.73. The summed E-state index contributed by atoms with van der Waals surface area (Å²) in [7, 11) is 0. The monoisotopic (exact) mass is 210 g/mol. The van der Waals surface area contributed by atoms with E-state index in [4.69, 9.17) is 10.8 Å². The molecule has 84 valence electrons. The van der Waals surface area contributed by atoms with Crippen LogP contribution in [0.3, 0.4) is 0 Å². The van der Waals surface area contributed by atoms with E-state index in [0.29, 0.717) is 6.54 Å². The summed E-state index contributed by atoms with van der Waals surface area (Å²) in [4.78, 5) is 12.8. The number of hydrogen-bond acceptors (Lipinski definition) is 3. The number of hydrogen-bond donors (Lipinski definition) is 2. The van der Waals surface area contributed by atoms with Crippen LogP contribution >= 0.6 is 0 Å². The van der Waals surface area contributed by atoms with Gasteiger partial charge in [0.15, 0.2) is 0 Å². The Kier molecular flexibility index (Phi) is 3.07. The Morgan fingerprint density at radius 3 is 2.40 bits per heavy atom. The Bertz CT molecular complexity index is 262. The molecule has 1 saturated heterocycles. The summed E-state index contributed by atoms with van der Waals surface area (Å²) in [6.07, 6.45) is 6.76. The quantitative estimate of drug-likeness (QED) is 0.657. The highest BCUT2D eigenvalue weighted by atomic mass is 16.4. The van der Waals surface area contributed by atoms with Gasteiger partial charge >= 0.3 is 5.97 Å². The molecule has 1 aliphatic heterocycles. The summed E-state index contributed by atoms with van der Waals surface area (Å²) in [5, 5.41) is 8.74. The van der Waals surface area contributed by atoms with Crippen LogP contribution in [-0.2, 0) is 4.79 Å². The number of fused-ring (bicyclic) bond motifs is 1. The van der Waals surface area contributed by atoms with Gasteiger partial charge in [-0.2, -0.15) is 0 Å². The Morgan fingerprint density at radius 2 is 1.93 bits per heavy atom. The van der Waals surface area contributed by atoms with E-state index in [0.717, 1.165) is 37.8 Å². The van der Waals surface area contributed by atoms with Crippen molar-refractivity contribution in [2.75, 3.05) is 19.6 Å². The molecule has 0 aromatic carbocycles. The first-order chi connectivity index (χ1) is 7.16. The predicted octanol–water partition coefficient (Wildman–Crippen LogP) is 0.296. The molecule has 1 fully saturated rings. The van der Waals surface area contributed by atoms with Crippen molar-refractivity contribution in [3.05, 3.63) is 12.2 Å². The average molecular weight is 210 g/mol. The third-order valence-corrected chi connectivity index (χ3v) is 3.47.